The molecule has 1 N–H and O–H groups in total. The van der Waals surface area contributed by atoms with Crippen molar-refractivity contribution in [2.24, 2.45) is 0 Å². The minimum atomic E-state index is 0.201. The van der Waals surface area contributed by atoms with Gasteiger partial charge in [0, 0.05) is 5.39 Å². The normalized spacial score (nSPS) is 17.8. The molecule has 0 spiro atoms. The van der Waals surface area contributed by atoms with Crippen LogP contribution >= 0.6 is 15.9 Å². The first-order valence-corrected chi connectivity index (χ1v) is 8.13. The Morgan fingerprint density at radius 1 is 1.25 bits per heavy atom. The Labute approximate surface area is 128 Å². The fourth-order valence-corrected chi connectivity index (χ4v) is 3.46. The van der Waals surface area contributed by atoms with Gasteiger partial charge in [-0.15, -0.1) is 0 Å². The van der Waals surface area contributed by atoms with Gasteiger partial charge in [0.2, 0.25) is 0 Å². The summed E-state index contributed by atoms with van der Waals surface area (Å²) in [4.78, 5) is 0. The number of hydrogen-bond donors (Lipinski definition) is 1. The molecule has 0 saturated heterocycles. The van der Waals surface area contributed by atoms with Crippen molar-refractivity contribution in [2.45, 2.75) is 38.1 Å². The third-order valence-electron chi connectivity index (χ3n) is 4.04. The van der Waals surface area contributed by atoms with Crippen molar-refractivity contribution >= 4 is 26.9 Å². The van der Waals surface area contributed by atoms with Crippen LogP contribution in [0.25, 0.3) is 11.0 Å². The molecule has 0 amide bonds. The van der Waals surface area contributed by atoms with Crippen LogP contribution in [-0.2, 0) is 0 Å². The van der Waals surface area contributed by atoms with Crippen LogP contribution in [0.1, 0.15) is 43.9 Å². The van der Waals surface area contributed by atoms with Crippen LogP contribution in [0.3, 0.4) is 0 Å². The molecule has 0 saturated carbocycles. The van der Waals surface area contributed by atoms with Crippen LogP contribution in [0.4, 0.5) is 0 Å². The molecule has 0 bridgehead atoms. The first-order chi connectivity index (χ1) is 9.79. The topological polar surface area (TPSA) is 25.2 Å². The molecule has 0 radical (unpaired) electrons. The summed E-state index contributed by atoms with van der Waals surface area (Å²) in [5.74, 6) is 1.02. The molecule has 3 rings (SSSR count). The number of benzene rings is 1. The van der Waals surface area contributed by atoms with E-state index in [1.54, 1.807) is 0 Å². The Balaban J connectivity index is 1.98. The number of likely N-dealkylation sites (N-methyl/N-ethyl adjacent to an activating group) is 1. The van der Waals surface area contributed by atoms with Crippen LogP contribution in [0, 0.1) is 0 Å². The van der Waals surface area contributed by atoms with Crippen molar-refractivity contribution in [3.63, 3.8) is 0 Å². The summed E-state index contributed by atoms with van der Waals surface area (Å²) >= 11 is 3.56. The largest absolute Gasteiger partial charge is 0.458 e. The van der Waals surface area contributed by atoms with Crippen molar-refractivity contribution in [1.82, 2.24) is 5.32 Å². The van der Waals surface area contributed by atoms with Crippen LogP contribution in [0.2, 0.25) is 0 Å². The SMILES string of the molecule is CNC(C1=CCCCCC1)c1cc2cccc(Br)c2o1. The Morgan fingerprint density at radius 2 is 2.15 bits per heavy atom. The summed E-state index contributed by atoms with van der Waals surface area (Å²) in [7, 11) is 2.01. The number of rotatable bonds is 3. The molecule has 2 nitrogen and oxygen atoms in total. The molecule has 20 heavy (non-hydrogen) atoms. The molecule has 1 aromatic carbocycles. The average molecular weight is 334 g/mol. The summed E-state index contributed by atoms with van der Waals surface area (Å²) < 4.78 is 7.12. The number of para-hydroxylation sites is 1. The second-order valence-corrected chi connectivity index (χ2v) is 6.26. The van der Waals surface area contributed by atoms with E-state index in [4.69, 9.17) is 4.42 Å². The lowest BCUT2D eigenvalue weighted by atomic mass is 10.00. The van der Waals surface area contributed by atoms with Gasteiger partial charge in [-0.3, -0.25) is 0 Å². The molecule has 1 aliphatic carbocycles. The Kier molecular flexibility index (Phi) is 4.27. The van der Waals surface area contributed by atoms with Gasteiger partial charge in [0.25, 0.3) is 0 Å². The standard InChI is InChI=1S/C17H20BrNO/c1-19-16(12-7-4-2-3-5-8-12)15-11-13-9-6-10-14(18)17(13)20-15/h6-7,9-11,16,19H,2-5,8H2,1H3. The Hall–Kier alpha value is -1.06. The van der Waals surface area contributed by atoms with Crippen LogP contribution in [-0.4, -0.2) is 7.05 Å². The smallest absolute Gasteiger partial charge is 0.148 e. The first kappa shape index (κ1) is 13.9. The summed E-state index contributed by atoms with van der Waals surface area (Å²) in [5.41, 5.74) is 2.41. The van der Waals surface area contributed by atoms with Crippen molar-refractivity contribution in [2.75, 3.05) is 7.05 Å². The lowest BCUT2D eigenvalue weighted by molar-refractivity contribution is 0.477. The quantitative estimate of drug-likeness (QED) is 0.766. The highest BCUT2D eigenvalue weighted by Crippen LogP contribution is 2.34. The number of hydrogen-bond acceptors (Lipinski definition) is 2. The lowest BCUT2D eigenvalue weighted by Gasteiger charge is -2.17. The van der Waals surface area contributed by atoms with Crippen LogP contribution in [0.15, 0.2) is 44.8 Å². The second kappa shape index (κ2) is 6.15. The zero-order valence-corrected chi connectivity index (χ0v) is 13.4. The van der Waals surface area contributed by atoms with Gasteiger partial charge in [-0.2, -0.15) is 0 Å². The van der Waals surface area contributed by atoms with Gasteiger partial charge in [0.1, 0.15) is 11.3 Å². The fourth-order valence-electron chi connectivity index (χ4n) is 3.00. The van der Waals surface area contributed by atoms with E-state index in [1.807, 2.05) is 19.2 Å². The van der Waals surface area contributed by atoms with Gasteiger partial charge in [-0.1, -0.05) is 24.6 Å². The number of halogens is 1. The van der Waals surface area contributed by atoms with E-state index >= 15 is 0 Å². The monoisotopic (exact) mass is 333 g/mol. The Morgan fingerprint density at radius 3 is 2.95 bits per heavy atom. The highest BCUT2D eigenvalue weighted by molar-refractivity contribution is 9.10. The summed E-state index contributed by atoms with van der Waals surface area (Å²) in [6, 6.07) is 8.53. The molecule has 1 aliphatic rings. The van der Waals surface area contributed by atoms with Crippen molar-refractivity contribution in [3.8, 4) is 0 Å². The highest BCUT2D eigenvalue weighted by Gasteiger charge is 2.20. The van der Waals surface area contributed by atoms with Gasteiger partial charge in [-0.05, 0) is 66.4 Å². The van der Waals surface area contributed by atoms with Gasteiger partial charge in [0.15, 0.2) is 0 Å². The summed E-state index contributed by atoms with van der Waals surface area (Å²) in [6.45, 7) is 0. The fraction of sp³-hybridized carbons (Fsp3) is 0.412. The number of nitrogens with one attached hydrogen (secondary N) is 1. The minimum Gasteiger partial charge on any atom is -0.458 e. The maximum absolute atomic E-state index is 6.10. The molecule has 106 valence electrons. The van der Waals surface area contributed by atoms with E-state index < -0.39 is 0 Å². The van der Waals surface area contributed by atoms with Crippen molar-refractivity contribution < 1.29 is 4.42 Å². The molecule has 1 heterocycles. The van der Waals surface area contributed by atoms with E-state index in [0.717, 1.165) is 21.2 Å². The van der Waals surface area contributed by atoms with E-state index in [-0.39, 0.29) is 6.04 Å². The van der Waals surface area contributed by atoms with Crippen molar-refractivity contribution in [3.05, 3.63) is 46.1 Å². The molecule has 1 atom stereocenters. The summed E-state index contributed by atoms with van der Waals surface area (Å²) in [5, 5.41) is 4.58. The van der Waals surface area contributed by atoms with E-state index in [9.17, 15) is 0 Å². The third kappa shape index (κ3) is 2.70. The molecular formula is C17H20BrNO. The zero-order chi connectivity index (χ0) is 13.9. The van der Waals surface area contributed by atoms with Gasteiger partial charge < -0.3 is 9.73 Å². The maximum atomic E-state index is 6.10. The number of furan rings is 1. The lowest BCUT2D eigenvalue weighted by Crippen LogP contribution is -2.18. The minimum absolute atomic E-state index is 0.201. The van der Waals surface area contributed by atoms with Gasteiger partial charge in [-0.25, -0.2) is 0 Å². The Bertz CT molecular complexity index is 629. The number of allylic oxidation sites excluding steroid dienone is 1. The van der Waals surface area contributed by atoms with E-state index in [0.29, 0.717) is 0 Å². The number of fused-ring (bicyclic) bond motifs is 1. The van der Waals surface area contributed by atoms with E-state index in [1.165, 1.54) is 37.7 Å². The zero-order valence-electron chi connectivity index (χ0n) is 11.8. The molecule has 2 aromatic rings. The predicted octanol–water partition coefficient (Wildman–Crippen LogP) is 5.35. The second-order valence-electron chi connectivity index (χ2n) is 5.41. The molecule has 3 heteroatoms. The molecule has 0 fully saturated rings. The third-order valence-corrected chi connectivity index (χ3v) is 4.66. The highest BCUT2D eigenvalue weighted by atomic mass is 79.9. The van der Waals surface area contributed by atoms with Crippen molar-refractivity contribution in [1.29, 1.82) is 0 Å². The maximum Gasteiger partial charge on any atom is 0.148 e. The molecule has 1 aromatic heterocycles. The summed E-state index contributed by atoms with van der Waals surface area (Å²) in [6.07, 6.45) is 8.69. The first-order valence-electron chi connectivity index (χ1n) is 7.34. The molecular weight excluding hydrogens is 314 g/mol. The predicted molar refractivity (Wildman–Crippen MR) is 86.9 cm³/mol. The molecule has 0 aliphatic heterocycles. The van der Waals surface area contributed by atoms with Crippen LogP contribution < -0.4 is 5.32 Å². The van der Waals surface area contributed by atoms with Gasteiger partial charge in [0.05, 0.1) is 10.5 Å². The van der Waals surface area contributed by atoms with Gasteiger partial charge >= 0.3 is 0 Å². The van der Waals surface area contributed by atoms with E-state index in [2.05, 4.69) is 39.5 Å². The average Bonchev–Trinajstić information content (AvgIpc) is 2.70. The molecule has 1 unspecified atom stereocenters. The van der Waals surface area contributed by atoms with Crippen LogP contribution in [0.5, 0.6) is 0 Å².